The fraction of sp³-hybridized carbons (Fsp3) is 0.588. The highest BCUT2D eigenvalue weighted by Gasteiger charge is 2.25. The van der Waals surface area contributed by atoms with E-state index in [1.807, 2.05) is 34.6 Å². The second kappa shape index (κ2) is 6.56. The SMILES string of the molecule is Cc1nn(CC=O)c(C)c1C1=CCN(C(=O)OC(C)(C)C)CC1. The molecule has 1 aliphatic rings. The van der Waals surface area contributed by atoms with Gasteiger partial charge >= 0.3 is 6.09 Å². The molecule has 6 heteroatoms. The van der Waals surface area contributed by atoms with E-state index in [0.717, 1.165) is 29.7 Å². The summed E-state index contributed by atoms with van der Waals surface area (Å²) in [6, 6.07) is 0. The smallest absolute Gasteiger partial charge is 0.410 e. The molecule has 0 atom stereocenters. The molecule has 0 fully saturated rings. The molecule has 0 unspecified atom stereocenters. The van der Waals surface area contributed by atoms with Crippen molar-refractivity contribution in [3.63, 3.8) is 0 Å². The molecule has 0 bridgehead atoms. The van der Waals surface area contributed by atoms with Crippen molar-refractivity contribution in [2.75, 3.05) is 13.1 Å². The molecular formula is C17H25N3O3. The molecule has 1 aliphatic heterocycles. The first-order valence-corrected chi connectivity index (χ1v) is 7.88. The predicted octanol–water partition coefficient (Wildman–Crippen LogP) is 2.72. The van der Waals surface area contributed by atoms with Crippen molar-refractivity contribution < 1.29 is 14.3 Å². The second-order valence-corrected chi connectivity index (χ2v) is 6.80. The van der Waals surface area contributed by atoms with Crippen molar-refractivity contribution in [1.82, 2.24) is 14.7 Å². The van der Waals surface area contributed by atoms with Crippen molar-refractivity contribution >= 4 is 18.0 Å². The maximum absolute atomic E-state index is 12.1. The Morgan fingerprint density at radius 1 is 1.39 bits per heavy atom. The van der Waals surface area contributed by atoms with Crippen molar-refractivity contribution in [3.05, 3.63) is 23.0 Å². The van der Waals surface area contributed by atoms with Gasteiger partial charge in [0.1, 0.15) is 11.9 Å². The van der Waals surface area contributed by atoms with Crippen molar-refractivity contribution in [2.24, 2.45) is 0 Å². The Morgan fingerprint density at radius 3 is 2.61 bits per heavy atom. The molecule has 1 aromatic rings. The molecule has 0 aliphatic carbocycles. The van der Waals surface area contributed by atoms with Gasteiger partial charge in [0, 0.05) is 24.3 Å². The number of rotatable bonds is 3. The zero-order valence-corrected chi connectivity index (χ0v) is 14.5. The van der Waals surface area contributed by atoms with Gasteiger partial charge in [-0.2, -0.15) is 5.10 Å². The number of aldehydes is 1. The van der Waals surface area contributed by atoms with Crippen molar-refractivity contribution in [2.45, 2.75) is 53.2 Å². The van der Waals surface area contributed by atoms with Gasteiger partial charge in [-0.05, 0) is 46.6 Å². The van der Waals surface area contributed by atoms with Gasteiger partial charge in [0.2, 0.25) is 0 Å². The monoisotopic (exact) mass is 319 g/mol. The second-order valence-electron chi connectivity index (χ2n) is 6.80. The van der Waals surface area contributed by atoms with Crippen LogP contribution in [-0.4, -0.2) is 45.8 Å². The van der Waals surface area contributed by atoms with Crippen molar-refractivity contribution in [3.8, 4) is 0 Å². The molecule has 126 valence electrons. The number of hydrogen-bond donors (Lipinski definition) is 0. The van der Waals surface area contributed by atoms with E-state index in [1.165, 1.54) is 5.57 Å². The normalized spacial score (nSPS) is 15.3. The highest BCUT2D eigenvalue weighted by atomic mass is 16.6. The summed E-state index contributed by atoms with van der Waals surface area (Å²) in [5.74, 6) is 0. The van der Waals surface area contributed by atoms with Crippen LogP contribution >= 0.6 is 0 Å². The predicted molar refractivity (Wildman–Crippen MR) is 88.2 cm³/mol. The minimum Gasteiger partial charge on any atom is -0.444 e. The van der Waals surface area contributed by atoms with Crippen LogP contribution in [0.2, 0.25) is 0 Å². The van der Waals surface area contributed by atoms with Crippen LogP contribution in [-0.2, 0) is 16.1 Å². The van der Waals surface area contributed by atoms with Crippen LogP contribution in [0.25, 0.3) is 5.57 Å². The molecule has 1 amide bonds. The number of nitrogens with zero attached hydrogens (tertiary/aromatic N) is 3. The molecule has 0 saturated carbocycles. The van der Waals surface area contributed by atoms with Crippen LogP contribution in [0, 0.1) is 13.8 Å². The minimum atomic E-state index is -0.482. The largest absolute Gasteiger partial charge is 0.444 e. The van der Waals surface area contributed by atoms with E-state index in [1.54, 1.807) is 9.58 Å². The summed E-state index contributed by atoms with van der Waals surface area (Å²) >= 11 is 0. The molecular weight excluding hydrogens is 294 g/mol. The fourth-order valence-electron chi connectivity index (χ4n) is 2.80. The topological polar surface area (TPSA) is 64.4 Å². The van der Waals surface area contributed by atoms with Gasteiger partial charge < -0.3 is 14.4 Å². The van der Waals surface area contributed by atoms with E-state index >= 15 is 0 Å². The Labute approximate surface area is 137 Å². The van der Waals surface area contributed by atoms with Crippen molar-refractivity contribution in [1.29, 1.82) is 0 Å². The van der Waals surface area contributed by atoms with Gasteiger partial charge in [-0.3, -0.25) is 4.68 Å². The van der Waals surface area contributed by atoms with Gasteiger partial charge in [-0.25, -0.2) is 4.79 Å². The Morgan fingerprint density at radius 2 is 2.09 bits per heavy atom. The van der Waals surface area contributed by atoms with Crippen LogP contribution in [0.4, 0.5) is 4.79 Å². The average Bonchev–Trinajstić information content (AvgIpc) is 2.72. The number of aryl methyl sites for hydroxylation is 1. The van der Waals surface area contributed by atoms with Gasteiger partial charge in [0.25, 0.3) is 0 Å². The Kier molecular flexibility index (Phi) is 4.92. The maximum atomic E-state index is 12.1. The lowest BCUT2D eigenvalue weighted by molar-refractivity contribution is -0.108. The molecule has 6 nitrogen and oxygen atoms in total. The molecule has 2 rings (SSSR count). The quantitative estimate of drug-likeness (QED) is 0.804. The lowest BCUT2D eigenvalue weighted by Gasteiger charge is -2.29. The average molecular weight is 319 g/mol. The first-order valence-electron chi connectivity index (χ1n) is 7.88. The summed E-state index contributed by atoms with van der Waals surface area (Å²) in [5, 5.41) is 4.42. The van der Waals surface area contributed by atoms with Gasteiger partial charge in [-0.1, -0.05) is 6.08 Å². The first-order chi connectivity index (χ1) is 10.7. The lowest BCUT2D eigenvalue weighted by atomic mass is 9.98. The van der Waals surface area contributed by atoms with Crippen LogP contribution in [0.5, 0.6) is 0 Å². The number of carbonyl (C=O) groups is 2. The summed E-state index contributed by atoms with van der Waals surface area (Å²) < 4.78 is 7.13. The van der Waals surface area contributed by atoms with Crippen LogP contribution in [0.1, 0.15) is 44.1 Å². The number of hydrogen-bond acceptors (Lipinski definition) is 4. The maximum Gasteiger partial charge on any atom is 0.410 e. The fourth-order valence-corrected chi connectivity index (χ4v) is 2.80. The molecule has 1 aromatic heterocycles. The number of ether oxygens (including phenoxy) is 1. The van der Waals surface area contributed by atoms with Crippen LogP contribution < -0.4 is 0 Å². The summed E-state index contributed by atoms with van der Waals surface area (Å²) in [4.78, 5) is 24.5. The number of amides is 1. The summed E-state index contributed by atoms with van der Waals surface area (Å²) in [6.45, 7) is 10.9. The molecule has 0 spiro atoms. The van der Waals surface area contributed by atoms with Gasteiger partial charge in [-0.15, -0.1) is 0 Å². The summed E-state index contributed by atoms with van der Waals surface area (Å²) in [5.41, 5.74) is 3.70. The van der Waals surface area contributed by atoms with E-state index in [2.05, 4.69) is 11.2 Å². The van der Waals surface area contributed by atoms with E-state index in [9.17, 15) is 9.59 Å². The molecule has 0 N–H and O–H groups in total. The minimum absolute atomic E-state index is 0.268. The third-order valence-electron chi connectivity index (χ3n) is 3.81. The molecule has 0 saturated heterocycles. The molecule has 23 heavy (non-hydrogen) atoms. The standard InChI is InChI=1S/C17H25N3O3/c1-12-15(13(2)20(18-12)10-11-21)14-6-8-19(9-7-14)16(22)23-17(3,4)5/h6,11H,7-10H2,1-5H3. The lowest BCUT2D eigenvalue weighted by Crippen LogP contribution is -2.39. The number of aromatic nitrogens is 2. The van der Waals surface area contributed by atoms with E-state index in [0.29, 0.717) is 13.1 Å². The van der Waals surface area contributed by atoms with E-state index < -0.39 is 5.60 Å². The number of carbonyl (C=O) groups excluding carboxylic acids is 2. The van der Waals surface area contributed by atoms with Gasteiger partial charge in [0.05, 0.1) is 12.2 Å². The Hall–Kier alpha value is -2.11. The Bertz CT molecular complexity index is 638. The Balaban J connectivity index is 2.13. The third kappa shape index (κ3) is 4.00. The highest BCUT2D eigenvalue weighted by Crippen LogP contribution is 2.28. The zero-order valence-electron chi connectivity index (χ0n) is 14.5. The van der Waals surface area contributed by atoms with E-state index in [-0.39, 0.29) is 12.6 Å². The zero-order chi connectivity index (χ0) is 17.2. The molecule has 2 heterocycles. The summed E-state index contributed by atoms with van der Waals surface area (Å²) in [6.07, 6.45) is 3.38. The van der Waals surface area contributed by atoms with E-state index in [4.69, 9.17) is 4.74 Å². The van der Waals surface area contributed by atoms with Crippen LogP contribution in [0.3, 0.4) is 0 Å². The third-order valence-corrected chi connectivity index (χ3v) is 3.81. The summed E-state index contributed by atoms with van der Waals surface area (Å²) in [7, 11) is 0. The molecule has 0 radical (unpaired) electrons. The highest BCUT2D eigenvalue weighted by molar-refractivity contribution is 5.74. The first kappa shape index (κ1) is 17.2. The van der Waals surface area contributed by atoms with Gasteiger partial charge in [0.15, 0.2) is 0 Å². The van der Waals surface area contributed by atoms with Crippen LogP contribution in [0.15, 0.2) is 6.08 Å². The molecule has 0 aromatic carbocycles.